The third-order valence-corrected chi connectivity index (χ3v) is 1.86. The van der Waals surface area contributed by atoms with E-state index in [9.17, 15) is 5.11 Å². The van der Waals surface area contributed by atoms with Crippen molar-refractivity contribution >= 4 is 0 Å². The fourth-order valence-electron chi connectivity index (χ4n) is 0.867. The van der Waals surface area contributed by atoms with Gasteiger partial charge in [-0.15, -0.1) is 0 Å². The number of nitrogens with one attached hydrogen (secondary N) is 1. The molecule has 2 atom stereocenters. The van der Waals surface area contributed by atoms with Crippen LogP contribution in [0.5, 0.6) is 0 Å². The molecule has 0 saturated heterocycles. The standard InChI is InChI=1S/C9H21NO2/c1-7(2)9(11)5-10-8(3)6-12-4/h7-11H,5-6H2,1-4H3. The molecule has 3 heteroatoms. The zero-order valence-corrected chi connectivity index (χ0v) is 8.50. The molecule has 0 spiro atoms. The van der Waals surface area contributed by atoms with Gasteiger partial charge in [0.1, 0.15) is 0 Å². The zero-order valence-electron chi connectivity index (χ0n) is 8.50. The average molecular weight is 175 g/mol. The Morgan fingerprint density at radius 1 is 1.33 bits per heavy atom. The van der Waals surface area contributed by atoms with Crippen molar-refractivity contribution in [3.05, 3.63) is 0 Å². The molecule has 0 amide bonds. The molecule has 0 aromatic heterocycles. The summed E-state index contributed by atoms with van der Waals surface area (Å²) in [5.41, 5.74) is 0. The average Bonchev–Trinajstić information content (AvgIpc) is 2.00. The SMILES string of the molecule is COCC(C)NCC(O)C(C)C. The van der Waals surface area contributed by atoms with Gasteiger partial charge in [0.2, 0.25) is 0 Å². The highest BCUT2D eigenvalue weighted by Gasteiger charge is 2.09. The molecule has 74 valence electrons. The predicted octanol–water partition coefficient (Wildman–Crippen LogP) is 0.628. The maximum absolute atomic E-state index is 9.44. The molecular weight excluding hydrogens is 154 g/mol. The minimum atomic E-state index is -0.260. The van der Waals surface area contributed by atoms with Gasteiger partial charge in [0, 0.05) is 19.7 Å². The van der Waals surface area contributed by atoms with E-state index in [0.717, 1.165) is 0 Å². The van der Waals surface area contributed by atoms with E-state index in [1.807, 2.05) is 20.8 Å². The van der Waals surface area contributed by atoms with Crippen molar-refractivity contribution in [1.29, 1.82) is 0 Å². The lowest BCUT2D eigenvalue weighted by Crippen LogP contribution is -2.38. The van der Waals surface area contributed by atoms with Gasteiger partial charge in [-0.05, 0) is 12.8 Å². The van der Waals surface area contributed by atoms with Crippen molar-refractivity contribution < 1.29 is 9.84 Å². The van der Waals surface area contributed by atoms with Crippen LogP contribution >= 0.6 is 0 Å². The van der Waals surface area contributed by atoms with Crippen molar-refractivity contribution in [3.63, 3.8) is 0 Å². The first-order valence-electron chi connectivity index (χ1n) is 4.48. The Morgan fingerprint density at radius 2 is 1.92 bits per heavy atom. The van der Waals surface area contributed by atoms with Gasteiger partial charge in [-0.25, -0.2) is 0 Å². The van der Waals surface area contributed by atoms with E-state index < -0.39 is 0 Å². The molecular formula is C9H21NO2. The molecule has 0 aliphatic carbocycles. The van der Waals surface area contributed by atoms with Gasteiger partial charge in [-0.2, -0.15) is 0 Å². The maximum Gasteiger partial charge on any atom is 0.0687 e. The number of hydrogen-bond acceptors (Lipinski definition) is 3. The molecule has 0 radical (unpaired) electrons. The van der Waals surface area contributed by atoms with Crippen LogP contribution in [0.1, 0.15) is 20.8 Å². The second kappa shape index (κ2) is 6.40. The van der Waals surface area contributed by atoms with Crippen molar-refractivity contribution in [2.75, 3.05) is 20.3 Å². The molecule has 3 nitrogen and oxygen atoms in total. The Kier molecular flexibility index (Phi) is 6.34. The van der Waals surface area contributed by atoms with Crippen molar-refractivity contribution in [2.45, 2.75) is 32.9 Å². The molecule has 12 heavy (non-hydrogen) atoms. The van der Waals surface area contributed by atoms with Crippen LogP contribution in [0.2, 0.25) is 0 Å². The van der Waals surface area contributed by atoms with Crippen LogP contribution in [-0.2, 0) is 4.74 Å². The summed E-state index contributed by atoms with van der Waals surface area (Å²) < 4.78 is 4.95. The molecule has 0 aromatic rings. The maximum atomic E-state index is 9.44. The lowest BCUT2D eigenvalue weighted by molar-refractivity contribution is 0.110. The smallest absolute Gasteiger partial charge is 0.0687 e. The zero-order chi connectivity index (χ0) is 9.56. The van der Waals surface area contributed by atoms with Gasteiger partial charge < -0.3 is 15.2 Å². The molecule has 0 aliphatic rings. The minimum Gasteiger partial charge on any atom is -0.392 e. The molecule has 0 aliphatic heterocycles. The van der Waals surface area contributed by atoms with Crippen LogP contribution in [0.4, 0.5) is 0 Å². The summed E-state index contributed by atoms with van der Waals surface area (Å²) in [6.45, 7) is 7.38. The predicted molar refractivity (Wildman–Crippen MR) is 50.2 cm³/mol. The Bertz CT molecular complexity index is 107. The number of methoxy groups -OCH3 is 1. The lowest BCUT2D eigenvalue weighted by Gasteiger charge is -2.18. The van der Waals surface area contributed by atoms with Crippen LogP contribution in [0.3, 0.4) is 0 Å². The monoisotopic (exact) mass is 175 g/mol. The van der Waals surface area contributed by atoms with Gasteiger partial charge in [-0.3, -0.25) is 0 Å². The summed E-state index contributed by atoms with van der Waals surface area (Å²) in [6.07, 6.45) is -0.260. The first kappa shape index (κ1) is 11.9. The highest BCUT2D eigenvalue weighted by molar-refractivity contribution is 4.66. The quantitative estimate of drug-likeness (QED) is 0.622. The van der Waals surface area contributed by atoms with E-state index >= 15 is 0 Å². The van der Waals surface area contributed by atoms with E-state index in [1.165, 1.54) is 0 Å². The Labute approximate surface area is 75.1 Å². The minimum absolute atomic E-state index is 0.260. The summed E-state index contributed by atoms with van der Waals surface area (Å²) in [4.78, 5) is 0. The first-order chi connectivity index (χ1) is 5.57. The molecule has 2 N–H and O–H groups in total. The van der Waals surface area contributed by atoms with E-state index in [2.05, 4.69) is 5.32 Å². The summed E-state index contributed by atoms with van der Waals surface area (Å²) >= 11 is 0. The molecule has 0 bridgehead atoms. The number of aliphatic hydroxyl groups is 1. The second-order valence-corrected chi connectivity index (χ2v) is 3.58. The van der Waals surface area contributed by atoms with Crippen LogP contribution in [0.25, 0.3) is 0 Å². The summed E-state index contributed by atoms with van der Waals surface area (Å²) in [6, 6.07) is 0.309. The first-order valence-corrected chi connectivity index (χ1v) is 4.48. The van der Waals surface area contributed by atoms with Gasteiger partial charge in [0.15, 0.2) is 0 Å². The summed E-state index contributed by atoms with van der Waals surface area (Å²) in [5.74, 6) is 0.312. The Morgan fingerprint density at radius 3 is 2.33 bits per heavy atom. The van der Waals surface area contributed by atoms with E-state index in [-0.39, 0.29) is 6.10 Å². The second-order valence-electron chi connectivity index (χ2n) is 3.58. The number of aliphatic hydroxyl groups excluding tert-OH is 1. The van der Waals surface area contributed by atoms with Gasteiger partial charge >= 0.3 is 0 Å². The summed E-state index contributed by atoms with van der Waals surface area (Å²) in [7, 11) is 1.68. The molecule has 0 fully saturated rings. The molecule has 0 aromatic carbocycles. The Balaban J connectivity index is 3.40. The van der Waals surface area contributed by atoms with Gasteiger partial charge in [-0.1, -0.05) is 13.8 Å². The Hall–Kier alpha value is -0.120. The van der Waals surface area contributed by atoms with Crippen LogP contribution in [0.15, 0.2) is 0 Å². The molecule has 0 saturated carbocycles. The van der Waals surface area contributed by atoms with Crippen LogP contribution in [-0.4, -0.2) is 37.5 Å². The van der Waals surface area contributed by atoms with Gasteiger partial charge in [0.05, 0.1) is 12.7 Å². The summed E-state index contributed by atoms with van der Waals surface area (Å²) in [5, 5.41) is 12.6. The topological polar surface area (TPSA) is 41.5 Å². The fraction of sp³-hybridized carbons (Fsp3) is 1.00. The number of rotatable bonds is 6. The van der Waals surface area contributed by atoms with Gasteiger partial charge in [0.25, 0.3) is 0 Å². The van der Waals surface area contributed by atoms with Crippen LogP contribution in [0, 0.1) is 5.92 Å². The number of hydrogen-bond donors (Lipinski definition) is 2. The van der Waals surface area contributed by atoms with E-state index in [1.54, 1.807) is 7.11 Å². The van der Waals surface area contributed by atoms with Crippen molar-refractivity contribution in [1.82, 2.24) is 5.32 Å². The highest BCUT2D eigenvalue weighted by Crippen LogP contribution is 1.99. The largest absolute Gasteiger partial charge is 0.392 e. The van der Waals surface area contributed by atoms with E-state index in [4.69, 9.17) is 4.74 Å². The fourth-order valence-corrected chi connectivity index (χ4v) is 0.867. The normalized spacial score (nSPS) is 16.5. The lowest BCUT2D eigenvalue weighted by atomic mass is 10.1. The third-order valence-electron chi connectivity index (χ3n) is 1.86. The van der Waals surface area contributed by atoms with E-state index in [0.29, 0.717) is 25.1 Å². The highest BCUT2D eigenvalue weighted by atomic mass is 16.5. The van der Waals surface area contributed by atoms with Crippen molar-refractivity contribution in [2.24, 2.45) is 5.92 Å². The molecule has 2 unspecified atom stereocenters. The molecule has 0 heterocycles. The van der Waals surface area contributed by atoms with Crippen molar-refractivity contribution in [3.8, 4) is 0 Å². The molecule has 0 rings (SSSR count). The number of ether oxygens (including phenoxy) is 1. The third kappa shape index (κ3) is 5.52. The van der Waals surface area contributed by atoms with Crippen LogP contribution < -0.4 is 5.32 Å².